The summed E-state index contributed by atoms with van der Waals surface area (Å²) in [5.74, 6) is 1.57. The predicted molar refractivity (Wildman–Crippen MR) is 87.9 cm³/mol. The molecule has 1 saturated carbocycles. The first kappa shape index (κ1) is 17.3. The van der Waals surface area contributed by atoms with Gasteiger partial charge in [0.2, 0.25) is 0 Å². The summed E-state index contributed by atoms with van der Waals surface area (Å²) in [5, 5.41) is 0.416. The van der Waals surface area contributed by atoms with Gasteiger partial charge in [0.15, 0.2) is 0 Å². The molecule has 0 amide bonds. The first-order valence-electron chi connectivity index (χ1n) is 8.61. The molecule has 0 heterocycles. The standard InChI is InChI=1S/C18H35Cl/c1-5-6-7-8-9-10-13-18(3,4)16-12-11-15(2)14-17(16)19/h15-17H,5-14H2,1-4H3. The van der Waals surface area contributed by atoms with Crippen molar-refractivity contribution in [3.8, 4) is 0 Å². The highest BCUT2D eigenvalue weighted by Crippen LogP contribution is 2.45. The Morgan fingerprint density at radius 3 is 2.26 bits per heavy atom. The Balaban J connectivity index is 2.26. The van der Waals surface area contributed by atoms with Gasteiger partial charge >= 0.3 is 0 Å². The van der Waals surface area contributed by atoms with Crippen molar-refractivity contribution >= 4 is 11.6 Å². The second-order valence-corrected chi connectivity index (χ2v) is 8.11. The van der Waals surface area contributed by atoms with Gasteiger partial charge in [-0.25, -0.2) is 0 Å². The Labute approximate surface area is 126 Å². The van der Waals surface area contributed by atoms with E-state index in [0.29, 0.717) is 10.8 Å². The maximum absolute atomic E-state index is 6.64. The lowest BCUT2D eigenvalue weighted by molar-refractivity contribution is 0.128. The minimum Gasteiger partial charge on any atom is -0.123 e. The normalized spacial score (nSPS) is 28.6. The summed E-state index contributed by atoms with van der Waals surface area (Å²) in [6.45, 7) is 9.55. The maximum Gasteiger partial charge on any atom is 0.0371 e. The van der Waals surface area contributed by atoms with Gasteiger partial charge in [0, 0.05) is 5.38 Å². The van der Waals surface area contributed by atoms with Gasteiger partial charge in [-0.15, -0.1) is 11.6 Å². The van der Waals surface area contributed by atoms with Crippen molar-refractivity contribution in [1.82, 2.24) is 0 Å². The summed E-state index contributed by atoms with van der Waals surface area (Å²) in [6.07, 6.45) is 13.7. The zero-order valence-corrected chi connectivity index (χ0v) is 14.4. The van der Waals surface area contributed by atoms with Crippen LogP contribution in [0.2, 0.25) is 0 Å². The van der Waals surface area contributed by atoms with Crippen LogP contribution in [0.3, 0.4) is 0 Å². The molecule has 1 heteroatoms. The van der Waals surface area contributed by atoms with Gasteiger partial charge < -0.3 is 0 Å². The molecule has 19 heavy (non-hydrogen) atoms. The monoisotopic (exact) mass is 286 g/mol. The summed E-state index contributed by atoms with van der Waals surface area (Å²) >= 11 is 6.64. The minimum absolute atomic E-state index is 0.416. The minimum atomic E-state index is 0.416. The van der Waals surface area contributed by atoms with E-state index in [-0.39, 0.29) is 0 Å². The molecule has 0 N–H and O–H groups in total. The van der Waals surface area contributed by atoms with E-state index in [4.69, 9.17) is 11.6 Å². The van der Waals surface area contributed by atoms with Crippen LogP contribution in [0.15, 0.2) is 0 Å². The van der Waals surface area contributed by atoms with E-state index < -0.39 is 0 Å². The van der Waals surface area contributed by atoms with Crippen LogP contribution in [0.4, 0.5) is 0 Å². The lowest BCUT2D eigenvalue weighted by atomic mass is 9.66. The fourth-order valence-corrected chi connectivity index (χ4v) is 4.51. The van der Waals surface area contributed by atoms with Crippen molar-refractivity contribution in [1.29, 1.82) is 0 Å². The van der Waals surface area contributed by atoms with E-state index in [1.165, 1.54) is 64.2 Å². The molecule has 3 unspecified atom stereocenters. The molecular weight excluding hydrogens is 252 g/mol. The number of halogens is 1. The smallest absolute Gasteiger partial charge is 0.0371 e. The summed E-state index contributed by atoms with van der Waals surface area (Å²) in [5.41, 5.74) is 0.442. The highest BCUT2D eigenvalue weighted by molar-refractivity contribution is 6.20. The van der Waals surface area contributed by atoms with Crippen LogP contribution in [0.25, 0.3) is 0 Å². The average molecular weight is 287 g/mol. The molecule has 1 rings (SSSR count). The molecule has 1 aliphatic carbocycles. The van der Waals surface area contributed by atoms with Crippen LogP contribution in [-0.4, -0.2) is 5.38 Å². The van der Waals surface area contributed by atoms with Gasteiger partial charge in [0.1, 0.15) is 0 Å². The predicted octanol–water partition coefficient (Wildman–Crippen LogP) is 6.81. The fraction of sp³-hybridized carbons (Fsp3) is 1.00. The van der Waals surface area contributed by atoms with Crippen LogP contribution >= 0.6 is 11.6 Å². The Hall–Kier alpha value is 0.290. The van der Waals surface area contributed by atoms with Crippen molar-refractivity contribution < 1.29 is 0 Å². The summed E-state index contributed by atoms with van der Waals surface area (Å²) < 4.78 is 0. The van der Waals surface area contributed by atoms with E-state index in [1.54, 1.807) is 0 Å². The van der Waals surface area contributed by atoms with Crippen LogP contribution in [0, 0.1) is 17.3 Å². The summed E-state index contributed by atoms with van der Waals surface area (Å²) in [7, 11) is 0. The highest BCUT2D eigenvalue weighted by atomic mass is 35.5. The van der Waals surface area contributed by atoms with Gasteiger partial charge in [-0.2, -0.15) is 0 Å². The van der Waals surface area contributed by atoms with Gasteiger partial charge in [-0.05, 0) is 36.5 Å². The zero-order valence-electron chi connectivity index (χ0n) is 13.7. The molecule has 3 atom stereocenters. The maximum atomic E-state index is 6.64. The van der Waals surface area contributed by atoms with Crippen molar-refractivity contribution in [2.75, 3.05) is 0 Å². The lowest BCUT2D eigenvalue weighted by Gasteiger charge is -2.42. The molecule has 0 bridgehead atoms. The van der Waals surface area contributed by atoms with Crippen LogP contribution in [-0.2, 0) is 0 Å². The quantitative estimate of drug-likeness (QED) is 0.340. The third-order valence-electron chi connectivity index (χ3n) is 5.21. The van der Waals surface area contributed by atoms with Gasteiger partial charge in [-0.3, -0.25) is 0 Å². The molecule has 0 aliphatic heterocycles. The Morgan fingerprint density at radius 2 is 1.63 bits per heavy atom. The van der Waals surface area contributed by atoms with Crippen molar-refractivity contribution in [3.05, 3.63) is 0 Å². The largest absolute Gasteiger partial charge is 0.123 e. The first-order valence-corrected chi connectivity index (χ1v) is 9.05. The highest BCUT2D eigenvalue weighted by Gasteiger charge is 2.37. The molecule has 114 valence electrons. The molecule has 0 saturated heterocycles. The Kier molecular flexibility index (Phi) is 7.80. The van der Waals surface area contributed by atoms with E-state index in [9.17, 15) is 0 Å². The number of unbranched alkanes of at least 4 members (excludes halogenated alkanes) is 5. The van der Waals surface area contributed by atoms with Crippen molar-refractivity contribution in [2.24, 2.45) is 17.3 Å². The molecule has 1 aliphatic rings. The van der Waals surface area contributed by atoms with Crippen LogP contribution in [0.1, 0.15) is 91.9 Å². The van der Waals surface area contributed by atoms with E-state index in [1.807, 2.05) is 0 Å². The zero-order chi connectivity index (χ0) is 14.3. The van der Waals surface area contributed by atoms with Crippen LogP contribution < -0.4 is 0 Å². The van der Waals surface area contributed by atoms with E-state index in [2.05, 4.69) is 27.7 Å². The SMILES string of the molecule is CCCCCCCCC(C)(C)C1CCC(C)CC1Cl. The van der Waals surface area contributed by atoms with E-state index >= 15 is 0 Å². The number of rotatable bonds is 8. The molecule has 1 fully saturated rings. The molecule has 0 aromatic rings. The number of hydrogen-bond acceptors (Lipinski definition) is 0. The third kappa shape index (κ3) is 6.06. The second-order valence-electron chi connectivity index (χ2n) is 7.55. The first-order chi connectivity index (χ1) is 8.97. The lowest BCUT2D eigenvalue weighted by Crippen LogP contribution is -2.35. The van der Waals surface area contributed by atoms with Crippen LogP contribution in [0.5, 0.6) is 0 Å². The molecule has 0 spiro atoms. The van der Waals surface area contributed by atoms with Crippen molar-refractivity contribution in [2.45, 2.75) is 97.3 Å². The van der Waals surface area contributed by atoms with Gasteiger partial charge in [0.05, 0.1) is 0 Å². The number of hydrogen-bond donors (Lipinski definition) is 0. The molecular formula is C18H35Cl. The van der Waals surface area contributed by atoms with Gasteiger partial charge in [0.25, 0.3) is 0 Å². The Morgan fingerprint density at radius 1 is 1.00 bits per heavy atom. The molecule has 0 radical (unpaired) electrons. The van der Waals surface area contributed by atoms with Crippen molar-refractivity contribution in [3.63, 3.8) is 0 Å². The topological polar surface area (TPSA) is 0 Å². The molecule has 0 nitrogen and oxygen atoms in total. The molecule has 0 aromatic heterocycles. The van der Waals surface area contributed by atoms with E-state index in [0.717, 1.165) is 11.8 Å². The Bertz CT molecular complexity index is 234. The third-order valence-corrected chi connectivity index (χ3v) is 5.70. The van der Waals surface area contributed by atoms with Gasteiger partial charge in [-0.1, -0.05) is 72.6 Å². The fourth-order valence-electron chi connectivity index (χ4n) is 3.74. The number of alkyl halides is 1. The molecule has 0 aromatic carbocycles. The second kappa shape index (κ2) is 8.55. The summed E-state index contributed by atoms with van der Waals surface area (Å²) in [4.78, 5) is 0. The summed E-state index contributed by atoms with van der Waals surface area (Å²) in [6, 6.07) is 0. The average Bonchev–Trinajstić information content (AvgIpc) is 2.33.